The number of fused-ring (bicyclic) bond motifs is 4. The molecule has 2 aliphatic heterocycles. The first kappa shape index (κ1) is 37.4. The van der Waals surface area contributed by atoms with Gasteiger partial charge in [0.25, 0.3) is 11.8 Å². The highest BCUT2D eigenvalue weighted by molar-refractivity contribution is 7.15. The number of hydrogen-bond acceptors (Lipinski definition) is 10. The van der Waals surface area contributed by atoms with Gasteiger partial charge < -0.3 is 5.32 Å². The van der Waals surface area contributed by atoms with Crippen LogP contribution < -0.4 is 10.6 Å². The number of benzene rings is 2. The van der Waals surface area contributed by atoms with E-state index in [1.165, 1.54) is 4.90 Å². The van der Waals surface area contributed by atoms with E-state index in [-0.39, 0.29) is 24.8 Å². The highest BCUT2D eigenvalue weighted by Crippen LogP contribution is 2.39. The number of aliphatic imine (C=N–C) groups is 1. The van der Waals surface area contributed by atoms with Crippen molar-refractivity contribution in [2.24, 2.45) is 4.99 Å². The summed E-state index contributed by atoms with van der Waals surface area (Å²) in [7, 11) is 0. The first-order valence-electron chi connectivity index (χ1n) is 18.0. The fraction of sp³-hybridized carbons (Fsp3) is 0.300. The molecule has 0 bridgehead atoms. The predicted octanol–water partition coefficient (Wildman–Crippen LogP) is 6.04. The standard InChI is InChI=1S/C40H38ClN9O4S/c1-23(10-17-33(52)43-22-51)49-38(53)30-8-7-9-31(35(30)39(49)54)42-18-5-6-19-48-21-27(20-44-48)11-16-32-24(2)34-36(28-12-14-29(41)15-13-28)45-25(3)37-47-46-26(4)50(37)40(34)55-32/h7-9,12-15,20-23,25,42H,5-6,10,17-19H2,1-4H3,(H,43,51,52)/t23?,25-/m0/s1. The van der Waals surface area contributed by atoms with Crippen LogP contribution in [-0.4, -0.2) is 71.9 Å². The number of rotatable bonds is 12. The Hall–Kier alpha value is -5.91. The molecule has 15 heteroatoms. The van der Waals surface area contributed by atoms with Gasteiger partial charge in [-0.2, -0.15) is 5.10 Å². The number of aromatic nitrogens is 5. The summed E-state index contributed by atoms with van der Waals surface area (Å²) in [6, 6.07) is 12.2. The van der Waals surface area contributed by atoms with Gasteiger partial charge in [0.15, 0.2) is 5.82 Å². The van der Waals surface area contributed by atoms with Crippen LogP contribution in [0.2, 0.25) is 5.02 Å². The Morgan fingerprint density at radius 2 is 1.85 bits per heavy atom. The molecule has 0 aliphatic carbocycles. The predicted molar refractivity (Wildman–Crippen MR) is 210 cm³/mol. The van der Waals surface area contributed by atoms with Crippen LogP contribution in [0.5, 0.6) is 0 Å². The van der Waals surface area contributed by atoms with Crippen molar-refractivity contribution >= 4 is 58.5 Å². The third-order valence-electron chi connectivity index (χ3n) is 9.71. The molecule has 2 atom stereocenters. The number of aryl methyl sites for hydroxylation is 2. The Morgan fingerprint density at radius 3 is 2.64 bits per heavy atom. The summed E-state index contributed by atoms with van der Waals surface area (Å²) in [6.45, 7) is 9.03. The minimum atomic E-state index is -0.510. The van der Waals surface area contributed by atoms with E-state index >= 15 is 0 Å². The van der Waals surface area contributed by atoms with Gasteiger partial charge >= 0.3 is 0 Å². The van der Waals surface area contributed by atoms with E-state index in [2.05, 4.69) is 49.3 Å². The number of unbranched alkanes of at least 4 members (excludes halogenated alkanes) is 1. The molecule has 55 heavy (non-hydrogen) atoms. The topological polar surface area (TPSA) is 156 Å². The van der Waals surface area contributed by atoms with Gasteiger partial charge in [-0.25, -0.2) is 0 Å². The highest BCUT2D eigenvalue weighted by Gasteiger charge is 2.40. The van der Waals surface area contributed by atoms with Crippen molar-refractivity contribution in [1.82, 2.24) is 34.8 Å². The number of imide groups is 2. The lowest BCUT2D eigenvalue weighted by Gasteiger charge is -2.22. The van der Waals surface area contributed by atoms with Crippen molar-refractivity contribution in [2.45, 2.75) is 72.0 Å². The van der Waals surface area contributed by atoms with Gasteiger partial charge in [0.05, 0.1) is 33.5 Å². The Labute approximate surface area is 326 Å². The number of amides is 4. The summed E-state index contributed by atoms with van der Waals surface area (Å²) in [5.74, 6) is 7.03. The molecule has 5 aromatic rings. The van der Waals surface area contributed by atoms with E-state index in [4.69, 9.17) is 16.6 Å². The minimum absolute atomic E-state index is 0.0198. The molecular formula is C40H38ClN9O4S. The fourth-order valence-electron chi connectivity index (χ4n) is 6.86. The molecular weight excluding hydrogens is 738 g/mol. The Balaban J connectivity index is 0.988. The van der Waals surface area contributed by atoms with E-state index in [1.54, 1.807) is 42.7 Å². The number of nitrogens with one attached hydrogen (secondary N) is 2. The lowest BCUT2D eigenvalue weighted by molar-refractivity contribution is -0.125. The van der Waals surface area contributed by atoms with Crippen LogP contribution in [0.25, 0.3) is 5.00 Å². The van der Waals surface area contributed by atoms with Crippen molar-refractivity contribution in [3.63, 3.8) is 0 Å². The smallest absolute Gasteiger partial charge is 0.263 e. The molecule has 280 valence electrons. The minimum Gasteiger partial charge on any atom is -0.384 e. The molecule has 2 N–H and O–H groups in total. The summed E-state index contributed by atoms with van der Waals surface area (Å²) in [4.78, 5) is 56.0. The Morgan fingerprint density at radius 1 is 1.05 bits per heavy atom. The van der Waals surface area contributed by atoms with Crippen LogP contribution in [0.4, 0.5) is 5.69 Å². The first-order valence-corrected chi connectivity index (χ1v) is 19.2. The number of carbonyl (C=O) groups is 4. The Kier molecular flexibility index (Phi) is 10.8. The second-order valence-corrected chi connectivity index (χ2v) is 14.9. The number of carbonyl (C=O) groups excluding carboxylic acids is 4. The molecule has 0 radical (unpaired) electrons. The maximum absolute atomic E-state index is 13.4. The summed E-state index contributed by atoms with van der Waals surface area (Å²) < 4.78 is 3.96. The molecule has 5 heterocycles. The summed E-state index contributed by atoms with van der Waals surface area (Å²) >= 11 is 7.82. The van der Waals surface area contributed by atoms with Gasteiger partial charge in [-0.15, -0.1) is 21.5 Å². The van der Waals surface area contributed by atoms with E-state index in [9.17, 15) is 19.2 Å². The largest absolute Gasteiger partial charge is 0.384 e. The van der Waals surface area contributed by atoms with Crippen LogP contribution in [-0.2, 0) is 16.1 Å². The summed E-state index contributed by atoms with van der Waals surface area (Å²) in [5, 5.41) is 20.4. The molecule has 0 fully saturated rings. The van der Waals surface area contributed by atoms with Crippen LogP contribution in [0, 0.1) is 25.7 Å². The van der Waals surface area contributed by atoms with Crippen molar-refractivity contribution in [3.05, 3.63) is 110 Å². The molecule has 0 saturated heterocycles. The summed E-state index contributed by atoms with van der Waals surface area (Å²) in [5.41, 5.74) is 5.95. The van der Waals surface area contributed by atoms with Gasteiger partial charge in [0, 0.05) is 53.6 Å². The van der Waals surface area contributed by atoms with Crippen LogP contribution in [0.3, 0.4) is 0 Å². The van der Waals surface area contributed by atoms with Crippen LogP contribution in [0.1, 0.15) is 105 Å². The average Bonchev–Trinajstić information content (AvgIpc) is 3.91. The number of hydrogen-bond donors (Lipinski definition) is 2. The second-order valence-electron chi connectivity index (χ2n) is 13.5. The van der Waals surface area contributed by atoms with E-state index < -0.39 is 17.9 Å². The third-order valence-corrected chi connectivity index (χ3v) is 11.2. The monoisotopic (exact) mass is 775 g/mol. The van der Waals surface area contributed by atoms with Crippen molar-refractivity contribution < 1.29 is 19.2 Å². The van der Waals surface area contributed by atoms with E-state index in [1.807, 2.05) is 49.0 Å². The van der Waals surface area contributed by atoms with Gasteiger partial charge in [0.1, 0.15) is 16.9 Å². The zero-order chi connectivity index (χ0) is 38.8. The zero-order valence-electron chi connectivity index (χ0n) is 30.7. The number of nitrogens with zero attached hydrogens (tertiary/aromatic N) is 7. The lowest BCUT2D eigenvalue weighted by atomic mass is 9.99. The summed E-state index contributed by atoms with van der Waals surface area (Å²) in [6.07, 6.45) is 5.89. The molecule has 13 nitrogen and oxygen atoms in total. The van der Waals surface area contributed by atoms with Gasteiger partial charge in [0.2, 0.25) is 12.3 Å². The van der Waals surface area contributed by atoms with Crippen molar-refractivity contribution in [2.75, 3.05) is 11.9 Å². The first-order chi connectivity index (χ1) is 26.5. The van der Waals surface area contributed by atoms with Crippen LogP contribution >= 0.6 is 22.9 Å². The van der Waals surface area contributed by atoms with Crippen LogP contribution in [0.15, 0.2) is 59.9 Å². The van der Waals surface area contributed by atoms with Gasteiger partial charge in [-0.05, 0) is 76.8 Å². The quantitative estimate of drug-likeness (QED) is 0.0673. The maximum Gasteiger partial charge on any atom is 0.263 e. The SMILES string of the molecule is Cc1c(C#Cc2cnn(CCCCNc3cccc4c3C(=O)N(C(C)CCC(=O)NC=O)C4=O)c2)sc2c1C(c1ccc(Cl)cc1)=N[C@@H](C)c1nnc(C)n1-2. The fourth-order valence-corrected chi connectivity index (χ4v) is 8.20. The normalized spacial score (nSPS) is 15.0. The molecule has 2 aliphatic rings. The van der Waals surface area contributed by atoms with Crippen molar-refractivity contribution in [1.29, 1.82) is 0 Å². The number of thiophene rings is 1. The second kappa shape index (κ2) is 15.8. The van der Waals surface area contributed by atoms with Gasteiger partial charge in [-0.3, -0.25) is 43.6 Å². The molecule has 2 aromatic carbocycles. The number of halogens is 1. The number of anilines is 1. The molecule has 3 aromatic heterocycles. The van der Waals surface area contributed by atoms with E-state index in [0.717, 1.165) is 62.3 Å². The lowest BCUT2D eigenvalue weighted by Crippen LogP contribution is -2.38. The molecule has 0 spiro atoms. The zero-order valence-corrected chi connectivity index (χ0v) is 32.3. The molecule has 0 saturated carbocycles. The highest BCUT2D eigenvalue weighted by atomic mass is 35.5. The Bertz CT molecular complexity index is 2420. The molecule has 7 rings (SSSR count). The molecule has 1 unspecified atom stereocenters. The average molecular weight is 776 g/mol. The van der Waals surface area contributed by atoms with Gasteiger partial charge in [-0.1, -0.05) is 41.6 Å². The molecule has 4 amide bonds. The third kappa shape index (κ3) is 7.45. The maximum atomic E-state index is 13.4. The van der Waals surface area contributed by atoms with E-state index in [0.29, 0.717) is 41.3 Å². The van der Waals surface area contributed by atoms with Crippen molar-refractivity contribution in [3.8, 4) is 16.8 Å².